The molecule has 0 unspecified atom stereocenters. The Labute approximate surface area is 99.2 Å². The summed E-state index contributed by atoms with van der Waals surface area (Å²) in [4.78, 5) is 15.0. The molecule has 2 rings (SSSR count). The minimum absolute atomic E-state index is 0.680. The smallest absolute Gasteiger partial charge is 0.328 e. The molecule has 0 bridgehead atoms. The first-order valence-corrected chi connectivity index (χ1v) is 5.50. The summed E-state index contributed by atoms with van der Waals surface area (Å²) in [6.07, 6.45) is 2.65. The van der Waals surface area contributed by atoms with Crippen molar-refractivity contribution in [1.29, 1.82) is 0 Å². The van der Waals surface area contributed by atoms with Gasteiger partial charge >= 0.3 is 5.97 Å². The second-order valence-corrected chi connectivity index (χ2v) is 3.83. The van der Waals surface area contributed by atoms with Gasteiger partial charge in [0.25, 0.3) is 0 Å². The van der Waals surface area contributed by atoms with E-state index in [1.54, 1.807) is 0 Å². The molecule has 0 fully saturated rings. The van der Waals surface area contributed by atoms with Gasteiger partial charge in [0.05, 0.1) is 11.0 Å². The molecular formula is C13H14N2O2. The van der Waals surface area contributed by atoms with Crippen molar-refractivity contribution in [2.75, 3.05) is 0 Å². The number of aromatic nitrogens is 2. The van der Waals surface area contributed by atoms with Crippen LogP contribution in [0.4, 0.5) is 0 Å². The summed E-state index contributed by atoms with van der Waals surface area (Å²) in [5.74, 6) is -0.282. The Morgan fingerprint density at radius 3 is 2.94 bits per heavy atom. The Morgan fingerprint density at radius 2 is 2.29 bits per heavy atom. The lowest BCUT2D eigenvalue weighted by atomic mass is 10.2. The Hall–Kier alpha value is -2.10. The van der Waals surface area contributed by atoms with Crippen molar-refractivity contribution >= 4 is 23.1 Å². The van der Waals surface area contributed by atoms with Crippen LogP contribution in [0, 0.1) is 6.92 Å². The minimum Gasteiger partial charge on any atom is -0.478 e. The van der Waals surface area contributed by atoms with Gasteiger partial charge in [-0.15, -0.1) is 0 Å². The van der Waals surface area contributed by atoms with Crippen molar-refractivity contribution in [3.63, 3.8) is 0 Å². The highest BCUT2D eigenvalue weighted by atomic mass is 16.4. The lowest BCUT2D eigenvalue weighted by Gasteiger charge is -2.04. The van der Waals surface area contributed by atoms with Gasteiger partial charge < -0.3 is 9.67 Å². The molecule has 0 spiro atoms. The average Bonchev–Trinajstić information content (AvgIpc) is 2.65. The van der Waals surface area contributed by atoms with Crippen molar-refractivity contribution in [3.8, 4) is 0 Å². The molecule has 0 aliphatic carbocycles. The van der Waals surface area contributed by atoms with Crippen molar-refractivity contribution in [2.45, 2.75) is 20.4 Å². The number of nitrogens with zero attached hydrogens (tertiary/aromatic N) is 2. The number of para-hydroxylation sites is 1. The van der Waals surface area contributed by atoms with Gasteiger partial charge in [0.2, 0.25) is 0 Å². The Kier molecular flexibility index (Phi) is 2.95. The molecule has 0 saturated carbocycles. The maximum atomic E-state index is 10.5. The fraction of sp³-hybridized carbons (Fsp3) is 0.231. The van der Waals surface area contributed by atoms with Gasteiger partial charge in [0.15, 0.2) is 0 Å². The molecule has 88 valence electrons. The predicted molar refractivity (Wildman–Crippen MR) is 66.8 cm³/mol. The molecule has 0 radical (unpaired) electrons. The molecule has 4 heteroatoms. The van der Waals surface area contributed by atoms with Gasteiger partial charge in [-0.05, 0) is 31.6 Å². The number of hydrogen-bond donors (Lipinski definition) is 1. The number of carboxylic acids is 1. The number of fused-ring (bicyclic) bond motifs is 1. The number of carbonyl (C=O) groups is 1. The van der Waals surface area contributed by atoms with Crippen LogP contribution >= 0.6 is 0 Å². The number of carboxylic acid groups (broad SMARTS) is 1. The summed E-state index contributed by atoms with van der Waals surface area (Å²) >= 11 is 0. The van der Waals surface area contributed by atoms with Crippen molar-refractivity contribution in [3.05, 3.63) is 35.7 Å². The van der Waals surface area contributed by atoms with E-state index in [1.807, 2.05) is 36.6 Å². The maximum Gasteiger partial charge on any atom is 0.328 e. The van der Waals surface area contributed by atoms with E-state index in [4.69, 9.17) is 5.11 Å². The molecule has 1 aromatic carbocycles. The number of rotatable bonds is 3. The zero-order valence-corrected chi connectivity index (χ0v) is 9.84. The quantitative estimate of drug-likeness (QED) is 0.824. The SMILES string of the molecule is CCn1c(/C=C/C(=O)O)nc2cccc(C)c21. The van der Waals surface area contributed by atoms with Crippen LogP contribution in [-0.4, -0.2) is 20.6 Å². The molecule has 17 heavy (non-hydrogen) atoms. The van der Waals surface area contributed by atoms with Crippen LogP contribution in [0.2, 0.25) is 0 Å². The summed E-state index contributed by atoms with van der Waals surface area (Å²) in [5, 5.41) is 8.64. The summed E-state index contributed by atoms with van der Waals surface area (Å²) in [5.41, 5.74) is 3.11. The van der Waals surface area contributed by atoms with E-state index in [-0.39, 0.29) is 0 Å². The van der Waals surface area contributed by atoms with E-state index in [2.05, 4.69) is 4.98 Å². The normalized spacial score (nSPS) is 11.4. The van der Waals surface area contributed by atoms with E-state index in [1.165, 1.54) is 6.08 Å². The summed E-state index contributed by atoms with van der Waals surface area (Å²) < 4.78 is 2.02. The van der Waals surface area contributed by atoms with Gasteiger partial charge in [-0.3, -0.25) is 0 Å². The Bertz CT molecular complexity index is 597. The average molecular weight is 230 g/mol. The highest BCUT2D eigenvalue weighted by molar-refractivity contribution is 5.86. The lowest BCUT2D eigenvalue weighted by Crippen LogP contribution is -1.98. The first-order valence-electron chi connectivity index (χ1n) is 5.50. The molecule has 0 atom stereocenters. The molecule has 0 saturated heterocycles. The second kappa shape index (κ2) is 4.41. The number of aliphatic carboxylic acids is 1. The molecule has 0 aliphatic rings. The van der Waals surface area contributed by atoms with Crippen LogP contribution in [0.3, 0.4) is 0 Å². The van der Waals surface area contributed by atoms with Gasteiger partial charge in [-0.25, -0.2) is 9.78 Å². The first kappa shape index (κ1) is 11.4. The second-order valence-electron chi connectivity index (χ2n) is 3.83. The van der Waals surface area contributed by atoms with E-state index in [0.29, 0.717) is 5.82 Å². The van der Waals surface area contributed by atoms with Crippen molar-refractivity contribution < 1.29 is 9.90 Å². The largest absolute Gasteiger partial charge is 0.478 e. The van der Waals surface area contributed by atoms with E-state index < -0.39 is 5.97 Å². The zero-order valence-electron chi connectivity index (χ0n) is 9.84. The first-order chi connectivity index (χ1) is 8.13. The Balaban J connectivity index is 2.64. The van der Waals surface area contributed by atoms with Gasteiger partial charge in [-0.2, -0.15) is 0 Å². The van der Waals surface area contributed by atoms with E-state index >= 15 is 0 Å². The van der Waals surface area contributed by atoms with Crippen LogP contribution in [0.25, 0.3) is 17.1 Å². The number of benzene rings is 1. The standard InChI is InChI=1S/C13H14N2O2/c1-3-15-11(7-8-12(16)17)14-10-6-4-5-9(2)13(10)15/h4-8H,3H2,1-2H3,(H,16,17)/b8-7+. The third-order valence-corrected chi connectivity index (χ3v) is 2.69. The van der Waals surface area contributed by atoms with Gasteiger partial charge in [0.1, 0.15) is 5.82 Å². The van der Waals surface area contributed by atoms with Crippen LogP contribution in [0.1, 0.15) is 18.3 Å². The molecule has 1 heterocycles. The minimum atomic E-state index is -0.962. The number of imidazole rings is 1. The fourth-order valence-electron chi connectivity index (χ4n) is 1.98. The third-order valence-electron chi connectivity index (χ3n) is 2.69. The summed E-state index contributed by atoms with van der Waals surface area (Å²) in [7, 11) is 0. The molecule has 1 N–H and O–H groups in total. The van der Waals surface area contributed by atoms with Crippen LogP contribution < -0.4 is 0 Å². The summed E-state index contributed by atoms with van der Waals surface area (Å²) in [6.45, 7) is 4.81. The van der Waals surface area contributed by atoms with Gasteiger partial charge in [-0.1, -0.05) is 12.1 Å². The fourth-order valence-corrected chi connectivity index (χ4v) is 1.98. The van der Waals surface area contributed by atoms with Gasteiger partial charge in [0, 0.05) is 12.6 Å². The van der Waals surface area contributed by atoms with Crippen molar-refractivity contribution in [1.82, 2.24) is 9.55 Å². The highest BCUT2D eigenvalue weighted by Crippen LogP contribution is 2.20. The number of hydrogen-bond acceptors (Lipinski definition) is 2. The molecule has 4 nitrogen and oxygen atoms in total. The van der Waals surface area contributed by atoms with Crippen molar-refractivity contribution in [2.24, 2.45) is 0 Å². The molecule has 1 aromatic heterocycles. The molecular weight excluding hydrogens is 216 g/mol. The summed E-state index contributed by atoms with van der Waals surface area (Å²) in [6, 6.07) is 5.92. The van der Waals surface area contributed by atoms with Crippen LogP contribution in [-0.2, 0) is 11.3 Å². The highest BCUT2D eigenvalue weighted by Gasteiger charge is 2.08. The van der Waals surface area contributed by atoms with Crippen LogP contribution in [0.15, 0.2) is 24.3 Å². The number of aryl methyl sites for hydroxylation is 2. The topological polar surface area (TPSA) is 55.1 Å². The monoisotopic (exact) mass is 230 g/mol. The molecule has 0 amide bonds. The predicted octanol–water partition coefficient (Wildman–Crippen LogP) is 2.46. The zero-order chi connectivity index (χ0) is 12.4. The van der Waals surface area contributed by atoms with Crippen LogP contribution in [0.5, 0.6) is 0 Å². The lowest BCUT2D eigenvalue weighted by molar-refractivity contribution is -0.131. The molecule has 0 aliphatic heterocycles. The third kappa shape index (κ3) is 2.06. The maximum absolute atomic E-state index is 10.5. The molecule has 2 aromatic rings. The van der Waals surface area contributed by atoms with E-state index in [0.717, 1.165) is 29.2 Å². The van der Waals surface area contributed by atoms with E-state index in [9.17, 15) is 4.79 Å². The Morgan fingerprint density at radius 1 is 1.53 bits per heavy atom.